The first-order valence-electron chi connectivity index (χ1n) is 13.0. The highest BCUT2D eigenvalue weighted by Crippen LogP contribution is 2.42. The maximum absolute atomic E-state index is 5.29. The van der Waals surface area contributed by atoms with Crippen LogP contribution in [0.25, 0.3) is 53.6 Å². The number of thiophene rings is 1. The summed E-state index contributed by atoms with van der Waals surface area (Å²) in [6.45, 7) is 0. The summed E-state index contributed by atoms with van der Waals surface area (Å²) in [7, 11) is 0. The maximum atomic E-state index is 5.29. The van der Waals surface area contributed by atoms with E-state index in [-0.39, 0.29) is 5.92 Å². The Kier molecular flexibility index (Phi) is 4.68. The van der Waals surface area contributed by atoms with E-state index in [9.17, 15) is 0 Å². The molecule has 0 saturated heterocycles. The molecule has 37 heavy (non-hydrogen) atoms. The normalized spacial score (nSPS) is 17.1. The number of allylic oxidation sites excluding steroid dienone is 5. The lowest BCUT2D eigenvalue weighted by Crippen LogP contribution is -2.06. The average Bonchev–Trinajstić information content (AvgIpc) is 3.36. The van der Waals surface area contributed by atoms with Gasteiger partial charge in [-0.05, 0) is 47.4 Å². The van der Waals surface area contributed by atoms with Crippen molar-refractivity contribution in [2.75, 3.05) is 0 Å². The van der Waals surface area contributed by atoms with E-state index in [0.29, 0.717) is 0 Å². The molecular formula is C34H24N2S. The third-order valence-electron chi connectivity index (χ3n) is 7.93. The molecule has 0 aliphatic heterocycles. The number of hydrogen-bond acceptors (Lipinski definition) is 3. The van der Waals surface area contributed by atoms with Gasteiger partial charge in [0.05, 0.1) is 16.7 Å². The van der Waals surface area contributed by atoms with Crippen LogP contribution < -0.4 is 0 Å². The molecule has 1 atom stereocenters. The Morgan fingerprint density at radius 3 is 2.59 bits per heavy atom. The van der Waals surface area contributed by atoms with Crippen LogP contribution in [0, 0.1) is 0 Å². The fourth-order valence-corrected chi connectivity index (χ4v) is 7.42. The highest BCUT2D eigenvalue weighted by molar-refractivity contribution is 7.26. The highest BCUT2D eigenvalue weighted by Gasteiger charge is 2.22. The molecule has 0 N–H and O–H groups in total. The Hall–Kier alpha value is -4.08. The first-order valence-corrected chi connectivity index (χ1v) is 13.8. The van der Waals surface area contributed by atoms with Crippen molar-refractivity contribution in [2.24, 2.45) is 0 Å². The van der Waals surface area contributed by atoms with Gasteiger partial charge in [0.15, 0.2) is 0 Å². The predicted molar refractivity (Wildman–Crippen MR) is 158 cm³/mol. The van der Waals surface area contributed by atoms with E-state index in [2.05, 4.69) is 97.1 Å². The van der Waals surface area contributed by atoms with Crippen molar-refractivity contribution >= 4 is 65.0 Å². The van der Waals surface area contributed by atoms with E-state index in [4.69, 9.17) is 9.97 Å². The molecule has 0 radical (unpaired) electrons. The molecule has 2 aromatic heterocycles. The van der Waals surface area contributed by atoms with Crippen LogP contribution in [0.2, 0.25) is 0 Å². The van der Waals surface area contributed by atoms with E-state index >= 15 is 0 Å². The number of hydrogen-bond donors (Lipinski definition) is 0. The molecule has 0 saturated carbocycles. The van der Waals surface area contributed by atoms with Gasteiger partial charge in [0.25, 0.3) is 0 Å². The Labute approximate surface area is 219 Å². The van der Waals surface area contributed by atoms with E-state index in [1.54, 1.807) is 0 Å². The summed E-state index contributed by atoms with van der Waals surface area (Å²) in [4.78, 5) is 10.3. The minimum atomic E-state index is 0.201. The SMILES string of the molecule is C1=CC(c2cnc3c4c(c5ccccc5c3n2)CCC=C4)CC(c2cccc3c2sc2ccccc23)=C1. The van der Waals surface area contributed by atoms with Gasteiger partial charge in [-0.25, -0.2) is 4.98 Å². The van der Waals surface area contributed by atoms with Crippen LogP contribution in [0.5, 0.6) is 0 Å². The first-order chi connectivity index (χ1) is 18.3. The number of nitrogens with zero attached hydrogens (tertiary/aromatic N) is 2. The zero-order valence-corrected chi connectivity index (χ0v) is 21.1. The summed E-state index contributed by atoms with van der Waals surface area (Å²) in [6, 6.07) is 24.2. The lowest BCUT2D eigenvalue weighted by Gasteiger charge is -2.21. The summed E-state index contributed by atoms with van der Waals surface area (Å²) in [5.74, 6) is 0.201. The number of benzene rings is 4. The van der Waals surface area contributed by atoms with Crippen molar-refractivity contribution in [3.05, 3.63) is 120 Å². The molecule has 0 amide bonds. The Morgan fingerprint density at radius 2 is 1.65 bits per heavy atom. The third-order valence-corrected chi connectivity index (χ3v) is 9.15. The quantitative estimate of drug-likeness (QED) is 0.225. The fraction of sp³-hybridized carbons (Fsp3) is 0.118. The van der Waals surface area contributed by atoms with Crippen LogP contribution in [-0.4, -0.2) is 9.97 Å². The largest absolute Gasteiger partial charge is 0.252 e. The monoisotopic (exact) mass is 492 g/mol. The maximum Gasteiger partial charge on any atom is 0.0975 e. The number of rotatable bonds is 2. The lowest BCUT2D eigenvalue weighted by molar-refractivity contribution is 0.827. The molecule has 8 rings (SSSR count). The molecule has 3 heteroatoms. The van der Waals surface area contributed by atoms with Crippen LogP contribution >= 0.6 is 11.3 Å². The standard InChI is InChI=1S/C34H24N2S/c1-3-14-27-24(11-1)25-12-2-4-15-28(25)33-32(27)35-20-30(36-33)22-10-7-9-21(19-22)23-16-8-17-29-26-13-5-6-18-31(26)37-34(23)29/h2-10,12-18,20,22H,1,11,19H2. The van der Waals surface area contributed by atoms with Gasteiger partial charge >= 0.3 is 0 Å². The van der Waals surface area contributed by atoms with Gasteiger partial charge in [0, 0.05) is 43.2 Å². The molecule has 0 spiro atoms. The number of aromatic nitrogens is 2. The number of fused-ring (bicyclic) bond motifs is 9. The molecule has 1 unspecified atom stereocenters. The van der Waals surface area contributed by atoms with Gasteiger partial charge in [-0.15, -0.1) is 11.3 Å². The molecular weight excluding hydrogens is 468 g/mol. The van der Waals surface area contributed by atoms with E-state index < -0.39 is 0 Å². The van der Waals surface area contributed by atoms with Gasteiger partial charge < -0.3 is 0 Å². The summed E-state index contributed by atoms with van der Waals surface area (Å²) in [6.07, 6.45) is 16.4. The lowest BCUT2D eigenvalue weighted by atomic mass is 9.87. The van der Waals surface area contributed by atoms with Crippen LogP contribution in [0.15, 0.2) is 97.2 Å². The molecule has 2 nitrogen and oxygen atoms in total. The second-order valence-electron chi connectivity index (χ2n) is 10.0. The third kappa shape index (κ3) is 3.24. The van der Waals surface area contributed by atoms with Crippen molar-refractivity contribution in [3.8, 4) is 0 Å². The predicted octanol–water partition coefficient (Wildman–Crippen LogP) is 9.24. The first kappa shape index (κ1) is 21.0. The second-order valence-corrected chi connectivity index (χ2v) is 11.1. The summed E-state index contributed by atoms with van der Waals surface area (Å²) in [5, 5.41) is 5.22. The zero-order chi connectivity index (χ0) is 24.3. The summed E-state index contributed by atoms with van der Waals surface area (Å²) >= 11 is 1.90. The van der Waals surface area contributed by atoms with Crippen molar-refractivity contribution in [3.63, 3.8) is 0 Å². The van der Waals surface area contributed by atoms with Gasteiger partial charge in [-0.2, -0.15) is 0 Å². The van der Waals surface area contributed by atoms with Gasteiger partial charge in [-0.3, -0.25) is 4.98 Å². The number of aryl methyl sites for hydroxylation is 1. The zero-order valence-electron chi connectivity index (χ0n) is 20.3. The average molecular weight is 493 g/mol. The molecule has 2 aliphatic carbocycles. The molecule has 2 aliphatic rings. The Balaban J connectivity index is 1.24. The summed E-state index contributed by atoms with van der Waals surface area (Å²) < 4.78 is 2.72. The van der Waals surface area contributed by atoms with Crippen LogP contribution in [0.3, 0.4) is 0 Å². The van der Waals surface area contributed by atoms with E-state index in [1.807, 2.05) is 17.5 Å². The van der Waals surface area contributed by atoms with Crippen molar-refractivity contribution < 1.29 is 0 Å². The summed E-state index contributed by atoms with van der Waals surface area (Å²) in [5.41, 5.74) is 8.45. The van der Waals surface area contributed by atoms with Crippen molar-refractivity contribution in [2.45, 2.75) is 25.2 Å². The van der Waals surface area contributed by atoms with Gasteiger partial charge in [-0.1, -0.05) is 91.0 Å². The van der Waals surface area contributed by atoms with E-state index in [0.717, 1.165) is 36.0 Å². The topological polar surface area (TPSA) is 25.8 Å². The van der Waals surface area contributed by atoms with Crippen molar-refractivity contribution in [1.29, 1.82) is 0 Å². The Morgan fingerprint density at radius 1 is 0.811 bits per heavy atom. The smallest absolute Gasteiger partial charge is 0.0975 e. The van der Waals surface area contributed by atoms with E-state index in [1.165, 1.54) is 53.2 Å². The molecule has 6 aromatic rings. The minimum absolute atomic E-state index is 0.201. The highest BCUT2D eigenvalue weighted by atomic mass is 32.1. The molecule has 2 heterocycles. The fourth-order valence-electron chi connectivity index (χ4n) is 6.17. The van der Waals surface area contributed by atoms with Crippen molar-refractivity contribution in [1.82, 2.24) is 9.97 Å². The van der Waals surface area contributed by atoms with Gasteiger partial charge in [0.1, 0.15) is 0 Å². The molecule has 4 aromatic carbocycles. The minimum Gasteiger partial charge on any atom is -0.252 e. The van der Waals surface area contributed by atoms with Crippen LogP contribution in [0.4, 0.5) is 0 Å². The Bertz CT molecular complexity index is 1970. The van der Waals surface area contributed by atoms with Crippen LogP contribution in [0.1, 0.15) is 41.1 Å². The molecule has 176 valence electrons. The van der Waals surface area contributed by atoms with Crippen LogP contribution in [-0.2, 0) is 6.42 Å². The molecule has 0 bridgehead atoms. The van der Waals surface area contributed by atoms with Gasteiger partial charge in [0.2, 0.25) is 0 Å². The second kappa shape index (κ2) is 8.22. The molecule has 0 fully saturated rings.